The van der Waals surface area contributed by atoms with Crippen molar-refractivity contribution in [3.63, 3.8) is 0 Å². The third kappa shape index (κ3) is 11.4. The quantitative estimate of drug-likeness (QED) is 0.236. The Hall–Kier alpha value is -3.96. The van der Waals surface area contributed by atoms with Crippen LogP contribution in [0.4, 0.5) is 4.79 Å². The number of rotatable bonds is 10. The van der Waals surface area contributed by atoms with Crippen LogP contribution in [0.2, 0.25) is 0 Å². The Morgan fingerprint density at radius 2 is 1.42 bits per heavy atom. The van der Waals surface area contributed by atoms with Gasteiger partial charge in [0.1, 0.15) is 30.5 Å². The smallest absolute Gasteiger partial charge is 0.408 e. The summed E-state index contributed by atoms with van der Waals surface area (Å²) in [5.41, 5.74) is 12.0. The maximum atomic E-state index is 11.9. The maximum Gasteiger partial charge on any atom is 0.408 e. The molecular formula is C25H33N3O8. The average molecular weight is 504 g/mol. The molecule has 0 aromatic heterocycles. The molecule has 0 saturated heterocycles. The summed E-state index contributed by atoms with van der Waals surface area (Å²) < 4.78 is 10.3. The Morgan fingerprint density at radius 3 is 1.89 bits per heavy atom. The van der Waals surface area contributed by atoms with E-state index in [9.17, 15) is 24.3 Å². The molecule has 11 nitrogen and oxygen atoms in total. The van der Waals surface area contributed by atoms with E-state index in [1.807, 2.05) is 32.0 Å². The first kappa shape index (κ1) is 30.1. The minimum absolute atomic E-state index is 0.0372. The molecule has 36 heavy (non-hydrogen) atoms. The third-order valence-corrected chi connectivity index (χ3v) is 4.76. The van der Waals surface area contributed by atoms with Crippen molar-refractivity contribution in [3.8, 4) is 5.75 Å². The Morgan fingerprint density at radius 1 is 0.861 bits per heavy atom. The molecule has 196 valence electrons. The molecule has 2 rings (SSSR count). The van der Waals surface area contributed by atoms with E-state index in [-0.39, 0.29) is 18.9 Å². The van der Waals surface area contributed by atoms with E-state index in [1.54, 1.807) is 36.4 Å². The van der Waals surface area contributed by atoms with Crippen LogP contribution in [0.25, 0.3) is 0 Å². The van der Waals surface area contributed by atoms with Gasteiger partial charge in [0.05, 0.1) is 0 Å². The van der Waals surface area contributed by atoms with Crippen molar-refractivity contribution in [3.05, 3.63) is 65.7 Å². The van der Waals surface area contributed by atoms with Crippen LogP contribution in [0, 0.1) is 5.92 Å². The number of esters is 1. The lowest BCUT2D eigenvalue weighted by molar-refractivity contribution is -0.139. The normalized spacial score (nSPS) is 12.8. The molecule has 7 N–H and O–H groups in total. The van der Waals surface area contributed by atoms with Gasteiger partial charge in [-0.3, -0.25) is 4.79 Å². The number of carbonyl (C=O) groups is 4. The molecule has 1 amide bonds. The summed E-state index contributed by atoms with van der Waals surface area (Å²) in [7, 11) is 0. The summed E-state index contributed by atoms with van der Waals surface area (Å²) in [6, 6.07) is 12.8. The van der Waals surface area contributed by atoms with Gasteiger partial charge in [-0.05, 0) is 36.1 Å². The minimum atomic E-state index is -1.19. The number of ether oxygens (including phenoxy) is 2. The predicted octanol–water partition coefficient (Wildman–Crippen LogP) is 1.92. The van der Waals surface area contributed by atoms with Crippen LogP contribution in [0.5, 0.6) is 5.75 Å². The van der Waals surface area contributed by atoms with E-state index in [2.05, 4.69) is 5.32 Å². The maximum absolute atomic E-state index is 11.9. The molecule has 0 heterocycles. The molecule has 0 radical (unpaired) electrons. The Kier molecular flexibility index (Phi) is 12.6. The van der Waals surface area contributed by atoms with E-state index < -0.39 is 42.1 Å². The number of benzene rings is 2. The van der Waals surface area contributed by atoms with Crippen LogP contribution < -0.4 is 21.5 Å². The summed E-state index contributed by atoms with van der Waals surface area (Å²) in [5, 5.41) is 19.6. The van der Waals surface area contributed by atoms with E-state index >= 15 is 0 Å². The van der Waals surface area contributed by atoms with Crippen LogP contribution in [0.1, 0.15) is 31.9 Å². The highest BCUT2D eigenvalue weighted by Gasteiger charge is 2.22. The number of aliphatic carboxylic acids is 2. The summed E-state index contributed by atoms with van der Waals surface area (Å²) in [4.78, 5) is 44.9. The molecule has 0 aliphatic heterocycles. The van der Waals surface area contributed by atoms with Gasteiger partial charge in [-0.15, -0.1) is 0 Å². The lowest BCUT2D eigenvalue weighted by Crippen LogP contribution is -2.42. The second kappa shape index (κ2) is 15.1. The Bertz CT molecular complexity index is 994. The molecule has 0 fully saturated rings. The number of carboxylic acids is 2. The van der Waals surface area contributed by atoms with Crippen molar-refractivity contribution >= 4 is 24.0 Å². The van der Waals surface area contributed by atoms with Crippen LogP contribution in [-0.4, -0.2) is 52.3 Å². The number of hydrogen-bond donors (Lipinski definition) is 5. The molecule has 0 aliphatic rings. The fourth-order valence-corrected chi connectivity index (χ4v) is 2.49. The largest absolute Gasteiger partial charge is 0.480 e. The number of nitrogens with one attached hydrogen (secondary N) is 1. The lowest BCUT2D eigenvalue weighted by atomic mass is 10.1. The van der Waals surface area contributed by atoms with Gasteiger partial charge in [0.25, 0.3) is 0 Å². The number of carboxylic acid groups (broad SMARTS) is 2. The highest BCUT2D eigenvalue weighted by Crippen LogP contribution is 2.15. The standard InChI is InChI=1S/C22H26N2O6.C3H7NO2/c1-14(2)19(23)21(27)30-17-10-8-15(9-11-17)12-18(20(25)26)24-22(28)29-13-16-6-4-3-5-7-16;1-2(4)3(5)6/h3-11,14,18-19H,12-13,23H2,1-2H3,(H,24,28)(H,25,26);2H,4H2,1H3,(H,5,6)/t18-,19-;2-/m00/s1. The van der Waals surface area contributed by atoms with E-state index in [0.29, 0.717) is 11.3 Å². The number of amides is 1. The van der Waals surface area contributed by atoms with Crippen molar-refractivity contribution in [2.45, 2.75) is 51.9 Å². The Labute approximate surface area is 209 Å². The predicted molar refractivity (Wildman–Crippen MR) is 131 cm³/mol. The minimum Gasteiger partial charge on any atom is -0.480 e. The van der Waals surface area contributed by atoms with Gasteiger partial charge >= 0.3 is 24.0 Å². The third-order valence-electron chi connectivity index (χ3n) is 4.76. The lowest BCUT2D eigenvalue weighted by Gasteiger charge is -2.16. The van der Waals surface area contributed by atoms with E-state index in [0.717, 1.165) is 5.56 Å². The van der Waals surface area contributed by atoms with Gasteiger partial charge < -0.3 is 36.5 Å². The van der Waals surface area contributed by atoms with Crippen molar-refractivity contribution in [2.75, 3.05) is 0 Å². The average Bonchev–Trinajstić information content (AvgIpc) is 2.83. The van der Waals surface area contributed by atoms with E-state index in [1.165, 1.54) is 6.92 Å². The SMILES string of the molecule is CC(C)[C@H](N)C(=O)Oc1ccc(C[C@H](NC(=O)OCc2ccccc2)C(=O)O)cc1.C[C@H](N)C(=O)O. The molecule has 0 unspecified atom stereocenters. The molecule has 0 aliphatic carbocycles. The first-order valence-electron chi connectivity index (χ1n) is 11.1. The number of carbonyl (C=O) groups excluding carboxylic acids is 2. The summed E-state index contributed by atoms with van der Waals surface area (Å²) >= 11 is 0. The molecule has 0 bridgehead atoms. The van der Waals surface area contributed by atoms with Crippen molar-refractivity contribution in [1.82, 2.24) is 5.32 Å². The van der Waals surface area contributed by atoms with Crippen LogP contribution in [0.15, 0.2) is 54.6 Å². The summed E-state index contributed by atoms with van der Waals surface area (Å²) in [6.45, 7) is 5.10. The first-order valence-corrected chi connectivity index (χ1v) is 11.1. The van der Waals surface area contributed by atoms with Gasteiger partial charge in [-0.2, -0.15) is 0 Å². The van der Waals surface area contributed by atoms with Crippen molar-refractivity contribution < 1.29 is 38.9 Å². The number of alkyl carbamates (subject to hydrolysis) is 1. The highest BCUT2D eigenvalue weighted by atomic mass is 16.5. The molecular weight excluding hydrogens is 470 g/mol. The van der Waals surface area contributed by atoms with Gasteiger partial charge in [0.15, 0.2) is 0 Å². The fraction of sp³-hybridized carbons (Fsp3) is 0.360. The monoisotopic (exact) mass is 503 g/mol. The van der Waals surface area contributed by atoms with Gasteiger partial charge in [0, 0.05) is 6.42 Å². The van der Waals surface area contributed by atoms with Crippen LogP contribution in [-0.2, 0) is 32.1 Å². The molecule has 11 heteroatoms. The second-order valence-corrected chi connectivity index (χ2v) is 8.26. The van der Waals surface area contributed by atoms with Crippen LogP contribution in [0.3, 0.4) is 0 Å². The van der Waals surface area contributed by atoms with Gasteiger partial charge in [-0.25, -0.2) is 14.4 Å². The molecule has 2 aromatic carbocycles. The number of hydrogen-bond acceptors (Lipinski definition) is 8. The van der Waals surface area contributed by atoms with Crippen molar-refractivity contribution in [1.29, 1.82) is 0 Å². The zero-order valence-corrected chi connectivity index (χ0v) is 20.4. The molecule has 0 spiro atoms. The summed E-state index contributed by atoms with van der Waals surface area (Å²) in [6.07, 6.45) is -0.783. The van der Waals surface area contributed by atoms with Crippen LogP contribution >= 0.6 is 0 Å². The second-order valence-electron chi connectivity index (χ2n) is 8.26. The molecule has 2 aromatic rings. The Balaban J connectivity index is 0.000000960. The van der Waals surface area contributed by atoms with E-state index in [4.69, 9.17) is 26.0 Å². The van der Waals surface area contributed by atoms with Gasteiger partial charge in [-0.1, -0.05) is 56.3 Å². The van der Waals surface area contributed by atoms with Crippen molar-refractivity contribution in [2.24, 2.45) is 17.4 Å². The summed E-state index contributed by atoms with van der Waals surface area (Å²) in [5.74, 6) is -2.44. The van der Waals surface area contributed by atoms with Gasteiger partial charge in [0.2, 0.25) is 0 Å². The highest BCUT2D eigenvalue weighted by molar-refractivity contribution is 5.80. The molecule has 0 saturated carbocycles. The zero-order valence-electron chi connectivity index (χ0n) is 20.4. The topological polar surface area (TPSA) is 191 Å². The number of nitrogens with two attached hydrogens (primary N) is 2. The fourth-order valence-electron chi connectivity index (χ4n) is 2.49. The first-order chi connectivity index (χ1) is 16.9. The molecule has 3 atom stereocenters. The zero-order chi connectivity index (χ0) is 27.3.